The molecule has 1 heterocycles. The van der Waals surface area contributed by atoms with Crippen LogP contribution < -0.4 is 5.43 Å². The number of hydrogen-bond acceptors (Lipinski definition) is 5. The summed E-state index contributed by atoms with van der Waals surface area (Å²) in [5.74, 6) is -0.532. The van der Waals surface area contributed by atoms with E-state index in [-0.39, 0.29) is 28.3 Å². The van der Waals surface area contributed by atoms with Crippen molar-refractivity contribution in [3.8, 4) is 5.75 Å². The molecule has 0 atom stereocenters. The fourth-order valence-corrected chi connectivity index (χ4v) is 3.41. The number of carbonyl (C=O) groups excluding carboxylic acids is 2. The van der Waals surface area contributed by atoms with E-state index >= 15 is 0 Å². The number of phenols is 1. The van der Waals surface area contributed by atoms with Crippen LogP contribution in [0.3, 0.4) is 0 Å². The number of nitrogens with zero attached hydrogens (tertiary/aromatic N) is 1. The predicted molar refractivity (Wildman–Crippen MR) is 101 cm³/mol. The molecule has 1 aliphatic heterocycles. The highest BCUT2D eigenvalue weighted by Crippen LogP contribution is 2.31. The van der Waals surface area contributed by atoms with Crippen LogP contribution in [0.5, 0.6) is 5.75 Å². The van der Waals surface area contributed by atoms with Crippen LogP contribution in [-0.4, -0.2) is 26.3 Å². The first kappa shape index (κ1) is 17.2. The zero-order valence-electron chi connectivity index (χ0n) is 13.0. The fraction of sp³-hybridized carbons (Fsp3) is 0.0556. The third kappa shape index (κ3) is 4.26. The second kappa shape index (κ2) is 7.50. The van der Waals surface area contributed by atoms with Gasteiger partial charge in [-0.1, -0.05) is 54.2 Å². The summed E-state index contributed by atoms with van der Waals surface area (Å²) >= 11 is 6.31. The maximum atomic E-state index is 12.5. The molecule has 2 amide bonds. The van der Waals surface area contributed by atoms with Gasteiger partial charge in [-0.05, 0) is 41.6 Å². The van der Waals surface area contributed by atoms with Crippen LogP contribution in [0.15, 0.2) is 59.5 Å². The van der Waals surface area contributed by atoms with Crippen LogP contribution in [0, 0.1) is 0 Å². The summed E-state index contributed by atoms with van der Waals surface area (Å²) in [4.78, 5) is 25.0. The van der Waals surface area contributed by atoms with Crippen molar-refractivity contribution in [2.24, 2.45) is 0 Å². The molecule has 0 aromatic heterocycles. The molecule has 0 bridgehead atoms. The van der Waals surface area contributed by atoms with E-state index in [4.69, 9.17) is 12.2 Å². The molecule has 2 aromatic carbocycles. The number of nitrogens with one attached hydrogen (secondary N) is 1. The quantitative estimate of drug-likeness (QED) is 0.640. The minimum Gasteiger partial charge on any atom is -0.508 e. The summed E-state index contributed by atoms with van der Waals surface area (Å²) in [5.41, 5.74) is 4.16. The van der Waals surface area contributed by atoms with Crippen molar-refractivity contribution in [3.63, 3.8) is 0 Å². The number of benzene rings is 2. The number of rotatable bonds is 4. The van der Waals surface area contributed by atoms with Gasteiger partial charge in [0.15, 0.2) is 4.32 Å². The molecule has 1 saturated heterocycles. The highest BCUT2D eigenvalue weighted by Gasteiger charge is 2.33. The predicted octanol–water partition coefficient (Wildman–Crippen LogP) is 2.87. The van der Waals surface area contributed by atoms with E-state index in [2.05, 4.69) is 5.43 Å². The molecule has 2 aromatic rings. The van der Waals surface area contributed by atoms with Gasteiger partial charge in [0, 0.05) is 0 Å². The Kier molecular flexibility index (Phi) is 5.16. The Hall–Kier alpha value is -2.64. The Balaban J connectivity index is 1.69. The number of phenolic OH excluding ortho intramolecular Hbond substituents is 1. The number of aromatic hydroxyl groups is 1. The molecule has 3 rings (SSSR count). The minimum atomic E-state index is -0.371. The van der Waals surface area contributed by atoms with Gasteiger partial charge >= 0.3 is 0 Å². The summed E-state index contributed by atoms with van der Waals surface area (Å²) in [5, 5.41) is 10.4. The van der Waals surface area contributed by atoms with Crippen molar-refractivity contribution >= 4 is 46.2 Å². The maximum Gasteiger partial charge on any atom is 0.285 e. The highest BCUT2D eigenvalue weighted by atomic mass is 32.2. The van der Waals surface area contributed by atoms with Gasteiger partial charge in [0.25, 0.3) is 5.91 Å². The maximum absolute atomic E-state index is 12.5. The Labute approximate surface area is 154 Å². The summed E-state index contributed by atoms with van der Waals surface area (Å²) < 4.78 is 0.274. The van der Waals surface area contributed by atoms with Gasteiger partial charge in [0.05, 0.1) is 11.3 Å². The Morgan fingerprint density at radius 3 is 2.52 bits per heavy atom. The summed E-state index contributed by atoms with van der Waals surface area (Å²) in [6.45, 7) is 0. The van der Waals surface area contributed by atoms with E-state index in [9.17, 15) is 14.7 Å². The van der Waals surface area contributed by atoms with Crippen LogP contribution in [0.2, 0.25) is 0 Å². The molecular formula is C18H14N2O3S2. The molecule has 126 valence electrons. The first-order valence-electron chi connectivity index (χ1n) is 7.43. The highest BCUT2D eigenvalue weighted by molar-refractivity contribution is 8.26. The van der Waals surface area contributed by atoms with Gasteiger partial charge in [-0.25, -0.2) is 0 Å². The first-order chi connectivity index (χ1) is 12.0. The number of amides is 2. The molecule has 0 aliphatic carbocycles. The molecule has 5 nitrogen and oxygen atoms in total. The van der Waals surface area contributed by atoms with Crippen molar-refractivity contribution in [1.82, 2.24) is 10.4 Å². The number of hydrazine groups is 1. The van der Waals surface area contributed by atoms with Gasteiger partial charge in [-0.2, -0.15) is 5.01 Å². The van der Waals surface area contributed by atoms with E-state index in [1.54, 1.807) is 18.2 Å². The van der Waals surface area contributed by atoms with Crippen molar-refractivity contribution < 1.29 is 14.7 Å². The minimum absolute atomic E-state index is 0.151. The molecule has 25 heavy (non-hydrogen) atoms. The van der Waals surface area contributed by atoms with Gasteiger partial charge in [0.1, 0.15) is 5.75 Å². The topological polar surface area (TPSA) is 69.6 Å². The second-order valence-electron chi connectivity index (χ2n) is 5.31. The summed E-state index contributed by atoms with van der Waals surface area (Å²) in [6.07, 6.45) is 1.83. The van der Waals surface area contributed by atoms with Crippen molar-refractivity contribution in [3.05, 3.63) is 70.6 Å². The van der Waals surface area contributed by atoms with Gasteiger partial charge in [0.2, 0.25) is 5.91 Å². The van der Waals surface area contributed by atoms with Crippen LogP contribution in [0.4, 0.5) is 0 Å². The number of thioether (sulfide) groups is 1. The molecule has 0 saturated carbocycles. The first-order valence-corrected chi connectivity index (χ1v) is 8.66. The van der Waals surface area contributed by atoms with E-state index in [1.807, 2.05) is 30.3 Å². The van der Waals surface area contributed by atoms with Crippen molar-refractivity contribution in [2.75, 3.05) is 0 Å². The lowest BCUT2D eigenvalue weighted by Crippen LogP contribution is -2.45. The lowest BCUT2D eigenvalue weighted by molar-refractivity contribution is -0.132. The Bertz CT molecular complexity index is 848. The molecule has 0 unspecified atom stereocenters. The van der Waals surface area contributed by atoms with Crippen LogP contribution in [0.1, 0.15) is 11.1 Å². The smallest absolute Gasteiger partial charge is 0.285 e. The molecule has 2 N–H and O–H groups in total. The number of thiocarbonyl (C=S) groups is 1. The van der Waals surface area contributed by atoms with Crippen LogP contribution in [0.25, 0.3) is 6.08 Å². The fourth-order valence-electron chi connectivity index (χ4n) is 2.23. The van der Waals surface area contributed by atoms with E-state index in [0.717, 1.165) is 27.9 Å². The summed E-state index contributed by atoms with van der Waals surface area (Å²) in [7, 11) is 0. The molecule has 0 spiro atoms. The average molecular weight is 370 g/mol. The second-order valence-corrected chi connectivity index (χ2v) is 6.98. The lowest BCUT2D eigenvalue weighted by Gasteiger charge is -2.15. The zero-order chi connectivity index (χ0) is 17.8. The third-order valence-corrected chi connectivity index (χ3v) is 4.73. The van der Waals surface area contributed by atoms with E-state index < -0.39 is 0 Å². The van der Waals surface area contributed by atoms with Crippen LogP contribution >= 0.6 is 24.0 Å². The van der Waals surface area contributed by atoms with Gasteiger partial charge in [-0.15, -0.1) is 0 Å². The van der Waals surface area contributed by atoms with Gasteiger partial charge < -0.3 is 5.11 Å². The van der Waals surface area contributed by atoms with Crippen LogP contribution in [-0.2, 0) is 16.0 Å². The molecule has 1 aliphatic rings. The van der Waals surface area contributed by atoms with Crippen molar-refractivity contribution in [2.45, 2.75) is 6.42 Å². The Morgan fingerprint density at radius 1 is 1.16 bits per heavy atom. The number of carbonyl (C=O) groups is 2. The SMILES string of the molecule is O=C(Cc1ccccc1)NN1C(=O)/C(=C\c2ccc(O)cc2)SC1=S. The normalized spacial score (nSPS) is 15.7. The van der Waals surface area contributed by atoms with E-state index in [1.165, 1.54) is 12.1 Å². The van der Waals surface area contributed by atoms with E-state index in [0.29, 0.717) is 4.91 Å². The number of hydrogen-bond donors (Lipinski definition) is 2. The van der Waals surface area contributed by atoms with Gasteiger partial charge in [-0.3, -0.25) is 15.0 Å². The molecule has 7 heteroatoms. The Morgan fingerprint density at radius 2 is 1.84 bits per heavy atom. The largest absolute Gasteiger partial charge is 0.508 e. The molecule has 1 fully saturated rings. The molecule has 0 radical (unpaired) electrons. The monoisotopic (exact) mass is 370 g/mol. The third-order valence-electron chi connectivity index (χ3n) is 3.43. The molecular weight excluding hydrogens is 356 g/mol. The van der Waals surface area contributed by atoms with Crippen molar-refractivity contribution in [1.29, 1.82) is 0 Å². The zero-order valence-corrected chi connectivity index (χ0v) is 14.6. The average Bonchev–Trinajstić information content (AvgIpc) is 2.85. The lowest BCUT2D eigenvalue weighted by atomic mass is 10.1. The summed E-state index contributed by atoms with van der Waals surface area (Å²) in [6, 6.07) is 15.7. The standard InChI is InChI=1S/C18H14N2O3S2/c21-14-8-6-13(7-9-14)10-15-17(23)20(18(24)25-15)19-16(22)11-12-4-2-1-3-5-12/h1-10,21H,11H2,(H,19,22)/b15-10+.